The second-order valence-corrected chi connectivity index (χ2v) is 11.0. The summed E-state index contributed by atoms with van der Waals surface area (Å²) >= 11 is 1.43. The number of carbonyl (C=O) groups is 3. The molecule has 8 heteroatoms. The molecule has 1 aliphatic rings. The Kier molecular flexibility index (Phi) is 12.2. The maximum absolute atomic E-state index is 13.5. The molecule has 0 spiro atoms. The SMILES string of the molecule is CC(C)CCC(=O)N(NC(=O)COC1CCCCC1)C(Cc1ccccc1)C(=O)CSCc1ccco1. The van der Waals surface area contributed by atoms with Gasteiger partial charge in [-0.05, 0) is 42.9 Å². The van der Waals surface area contributed by atoms with E-state index in [0.29, 0.717) is 24.5 Å². The average Bonchev–Trinajstić information content (AvgIpc) is 3.43. The Morgan fingerprint density at radius 2 is 1.84 bits per heavy atom. The number of ketones is 1. The van der Waals surface area contributed by atoms with E-state index in [1.54, 1.807) is 6.26 Å². The zero-order valence-electron chi connectivity index (χ0n) is 22.0. The second-order valence-electron chi connectivity index (χ2n) is 10.0. The number of Topliss-reactive ketones (excluding diaryl/α,β-unsaturated/α-hetero) is 1. The molecule has 1 aromatic heterocycles. The molecule has 0 bridgehead atoms. The number of rotatable bonds is 14. The summed E-state index contributed by atoms with van der Waals surface area (Å²) in [5.41, 5.74) is 3.68. The van der Waals surface area contributed by atoms with Crippen molar-refractivity contribution in [1.29, 1.82) is 0 Å². The Morgan fingerprint density at radius 1 is 1.08 bits per heavy atom. The maximum Gasteiger partial charge on any atom is 0.264 e. The van der Waals surface area contributed by atoms with Crippen LogP contribution in [0.3, 0.4) is 0 Å². The van der Waals surface area contributed by atoms with Crippen LogP contribution in [-0.4, -0.2) is 47.1 Å². The fourth-order valence-corrected chi connectivity index (χ4v) is 5.23. The molecule has 1 atom stereocenters. The number of thioether (sulfide) groups is 1. The highest BCUT2D eigenvalue weighted by Crippen LogP contribution is 2.21. The minimum absolute atomic E-state index is 0.0735. The molecule has 202 valence electrons. The zero-order chi connectivity index (χ0) is 26.5. The lowest BCUT2D eigenvalue weighted by atomic mass is 9.98. The van der Waals surface area contributed by atoms with E-state index in [9.17, 15) is 14.4 Å². The summed E-state index contributed by atoms with van der Waals surface area (Å²) < 4.78 is 11.2. The van der Waals surface area contributed by atoms with Gasteiger partial charge in [0.05, 0.1) is 23.9 Å². The highest BCUT2D eigenvalue weighted by Gasteiger charge is 2.31. The topological polar surface area (TPSA) is 88.9 Å². The minimum Gasteiger partial charge on any atom is -0.468 e. The second kappa shape index (κ2) is 15.6. The van der Waals surface area contributed by atoms with E-state index >= 15 is 0 Å². The molecular formula is C29H40N2O5S. The Hall–Kier alpha value is -2.58. The molecule has 2 aromatic rings. The number of nitrogens with zero attached hydrogens (tertiary/aromatic N) is 1. The van der Waals surface area contributed by atoms with Crippen molar-refractivity contribution in [1.82, 2.24) is 10.4 Å². The van der Waals surface area contributed by atoms with Crippen LogP contribution in [0.15, 0.2) is 53.1 Å². The average molecular weight is 529 g/mol. The highest BCUT2D eigenvalue weighted by atomic mass is 32.2. The van der Waals surface area contributed by atoms with Gasteiger partial charge in [0.25, 0.3) is 5.91 Å². The van der Waals surface area contributed by atoms with Crippen molar-refractivity contribution in [3.05, 3.63) is 60.1 Å². The van der Waals surface area contributed by atoms with Crippen LogP contribution in [0.2, 0.25) is 0 Å². The maximum atomic E-state index is 13.5. The van der Waals surface area contributed by atoms with E-state index in [-0.39, 0.29) is 36.6 Å². The molecule has 1 N–H and O–H groups in total. The normalized spacial score (nSPS) is 14.9. The quantitative estimate of drug-likeness (QED) is 0.333. The summed E-state index contributed by atoms with van der Waals surface area (Å²) in [5, 5.41) is 1.28. The number of hydrogen-bond acceptors (Lipinski definition) is 6. The van der Waals surface area contributed by atoms with Crippen LogP contribution < -0.4 is 5.43 Å². The van der Waals surface area contributed by atoms with Gasteiger partial charge < -0.3 is 9.15 Å². The summed E-state index contributed by atoms with van der Waals surface area (Å²) in [5.74, 6) is 1.08. The van der Waals surface area contributed by atoms with Crippen LogP contribution in [0.1, 0.15) is 70.1 Å². The van der Waals surface area contributed by atoms with Gasteiger partial charge in [0, 0.05) is 12.8 Å². The smallest absolute Gasteiger partial charge is 0.264 e. The van der Waals surface area contributed by atoms with E-state index in [4.69, 9.17) is 9.15 Å². The molecule has 3 rings (SSSR count). The Bertz CT molecular complexity index is 958. The minimum atomic E-state index is -0.815. The molecule has 0 aliphatic heterocycles. The van der Waals surface area contributed by atoms with Gasteiger partial charge in [0.15, 0.2) is 5.78 Å². The lowest BCUT2D eigenvalue weighted by molar-refractivity contribution is -0.150. The summed E-state index contributed by atoms with van der Waals surface area (Å²) in [7, 11) is 0. The third kappa shape index (κ3) is 10.4. The van der Waals surface area contributed by atoms with E-state index in [1.165, 1.54) is 23.2 Å². The first kappa shape index (κ1) is 29.0. The summed E-state index contributed by atoms with van der Waals surface area (Å²) in [6.07, 6.45) is 8.23. The van der Waals surface area contributed by atoms with Crippen molar-refractivity contribution in [3.63, 3.8) is 0 Å². The number of benzene rings is 1. The molecule has 1 unspecified atom stereocenters. The molecule has 1 fully saturated rings. The fourth-order valence-electron chi connectivity index (χ4n) is 4.37. The van der Waals surface area contributed by atoms with Crippen molar-refractivity contribution in [2.24, 2.45) is 5.92 Å². The molecule has 1 aromatic carbocycles. The van der Waals surface area contributed by atoms with Crippen molar-refractivity contribution >= 4 is 29.4 Å². The van der Waals surface area contributed by atoms with Gasteiger partial charge in [0.2, 0.25) is 5.91 Å². The Balaban J connectivity index is 1.73. The largest absolute Gasteiger partial charge is 0.468 e. The predicted molar refractivity (Wildman–Crippen MR) is 146 cm³/mol. The summed E-state index contributed by atoms with van der Waals surface area (Å²) in [6.45, 7) is 3.97. The predicted octanol–water partition coefficient (Wildman–Crippen LogP) is 5.34. The molecule has 7 nitrogen and oxygen atoms in total. The number of ether oxygens (including phenoxy) is 1. The molecule has 2 amide bonds. The van der Waals surface area contributed by atoms with Gasteiger partial charge in [-0.15, -0.1) is 11.8 Å². The first-order valence-electron chi connectivity index (χ1n) is 13.3. The molecular weight excluding hydrogens is 488 g/mol. The van der Waals surface area contributed by atoms with E-state index in [2.05, 4.69) is 5.43 Å². The molecule has 1 aliphatic carbocycles. The standard InChI is InChI=1S/C29H40N2O5S/c1-22(2)15-16-29(34)31(30-28(33)19-36-24-12-7-4-8-13-24)26(18-23-10-5-3-6-11-23)27(32)21-37-20-25-14-9-17-35-25/h3,5-6,9-11,14,17,22,24,26H,4,7-8,12-13,15-16,18-21H2,1-2H3,(H,30,33). The number of amides is 2. The van der Waals surface area contributed by atoms with Crippen LogP contribution in [0.5, 0.6) is 0 Å². The molecule has 0 saturated heterocycles. The van der Waals surface area contributed by atoms with Crippen molar-refractivity contribution in [2.75, 3.05) is 12.4 Å². The lowest BCUT2D eigenvalue weighted by Crippen LogP contribution is -2.57. The van der Waals surface area contributed by atoms with Crippen LogP contribution in [-0.2, 0) is 31.3 Å². The van der Waals surface area contributed by atoms with Crippen LogP contribution >= 0.6 is 11.8 Å². The van der Waals surface area contributed by atoms with Gasteiger partial charge in [-0.25, -0.2) is 5.01 Å². The van der Waals surface area contributed by atoms with Crippen molar-refractivity contribution < 1.29 is 23.5 Å². The van der Waals surface area contributed by atoms with Crippen LogP contribution in [0, 0.1) is 5.92 Å². The van der Waals surface area contributed by atoms with E-state index < -0.39 is 11.9 Å². The monoisotopic (exact) mass is 528 g/mol. The van der Waals surface area contributed by atoms with Crippen LogP contribution in [0.4, 0.5) is 0 Å². The van der Waals surface area contributed by atoms with Crippen molar-refractivity contribution in [3.8, 4) is 0 Å². The molecule has 37 heavy (non-hydrogen) atoms. The molecule has 1 heterocycles. The third-order valence-corrected chi connectivity index (χ3v) is 7.45. The van der Waals surface area contributed by atoms with Gasteiger partial charge in [0.1, 0.15) is 18.4 Å². The number of carbonyl (C=O) groups excluding carboxylic acids is 3. The third-order valence-electron chi connectivity index (χ3n) is 6.48. The van der Waals surface area contributed by atoms with Gasteiger partial charge >= 0.3 is 0 Å². The van der Waals surface area contributed by atoms with Gasteiger partial charge in [-0.2, -0.15) is 0 Å². The van der Waals surface area contributed by atoms with Gasteiger partial charge in [-0.3, -0.25) is 19.8 Å². The first-order valence-corrected chi connectivity index (χ1v) is 14.5. The zero-order valence-corrected chi connectivity index (χ0v) is 22.8. The Labute approximate surface area is 224 Å². The van der Waals surface area contributed by atoms with Crippen molar-refractivity contribution in [2.45, 2.75) is 83.1 Å². The number of hydrogen-bond donors (Lipinski definition) is 1. The summed E-state index contributed by atoms with van der Waals surface area (Å²) in [6, 6.07) is 12.5. The van der Waals surface area contributed by atoms with E-state index in [1.807, 2.05) is 56.3 Å². The Morgan fingerprint density at radius 3 is 2.51 bits per heavy atom. The first-order chi connectivity index (χ1) is 17.9. The molecule has 1 saturated carbocycles. The number of hydrazine groups is 1. The summed E-state index contributed by atoms with van der Waals surface area (Å²) in [4.78, 5) is 39.8. The van der Waals surface area contributed by atoms with Crippen LogP contribution in [0.25, 0.3) is 0 Å². The van der Waals surface area contributed by atoms with Gasteiger partial charge in [-0.1, -0.05) is 63.4 Å². The highest BCUT2D eigenvalue weighted by molar-refractivity contribution is 7.99. The number of furan rings is 1. The number of nitrogens with one attached hydrogen (secondary N) is 1. The van der Waals surface area contributed by atoms with E-state index in [0.717, 1.165) is 37.0 Å². The lowest BCUT2D eigenvalue weighted by Gasteiger charge is -2.32. The molecule has 0 radical (unpaired) electrons. The fraction of sp³-hybridized carbons (Fsp3) is 0.552.